The number of fused-ring (bicyclic) bond motifs is 2. The first kappa shape index (κ1) is 42.6. The fourth-order valence-electron chi connectivity index (χ4n) is 11.2. The van der Waals surface area contributed by atoms with Crippen LogP contribution in [-0.2, 0) is 0 Å². The van der Waals surface area contributed by atoms with Gasteiger partial charge in [-0.2, -0.15) is 0 Å². The van der Waals surface area contributed by atoms with E-state index < -0.39 is 0 Å². The lowest BCUT2D eigenvalue weighted by Crippen LogP contribution is -2.27. The fourth-order valence-corrected chi connectivity index (χ4v) is 13.1. The van der Waals surface area contributed by atoms with Gasteiger partial charge in [-0.1, -0.05) is 194 Å². The van der Waals surface area contributed by atoms with Crippen LogP contribution in [0.15, 0.2) is 229 Å². The van der Waals surface area contributed by atoms with Crippen LogP contribution in [0.1, 0.15) is 45.2 Å². The number of hydrogen-bond donors (Lipinski definition) is 0. The van der Waals surface area contributed by atoms with Gasteiger partial charge in [0.05, 0.1) is 0 Å². The smallest absolute Gasteiger partial charge is 0.165 e. The van der Waals surface area contributed by atoms with Crippen molar-refractivity contribution in [2.45, 2.75) is 11.8 Å². The van der Waals surface area contributed by atoms with Gasteiger partial charge >= 0.3 is 0 Å². The predicted molar refractivity (Wildman–Crippen MR) is 302 cm³/mol. The first-order chi connectivity index (χ1) is 36.6. The molecule has 0 N–H and O–H groups in total. The molecule has 6 nitrogen and oxygen atoms in total. The van der Waals surface area contributed by atoms with Crippen molar-refractivity contribution < 1.29 is 0 Å². The summed E-state index contributed by atoms with van der Waals surface area (Å²) in [4.78, 5) is 30.3. The third-order valence-corrected chi connectivity index (χ3v) is 16.7. The third kappa shape index (κ3) is 7.13. The molecule has 0 spiro atoms. The minimum absolute atomic E-state index is 0.127. The second kappa shape index (κ2) is 17.3. The summed E-state index contributed by atoms with van der Waals surface area (Å²) in [7, 11) is 0. The van der Waals surface area contributed by atoms with E-state index in [1.165, 1.54) is 53.9 Å². The van der Waals surface area contributed by atoms with E-state index in [-0.39, 0.29) is 11.8 Å². The maximum Gasteiger partial charge on any atom is 0.165 e. The molecule has 0 amide bonds. The van der Waals surface area contributed by atoms with E-state index in [2.05, 4.69) is 193 Å². The molecule has 0 saturated heterocycles. The van der Waals surface area contributed by atoms with Crippen LogP contribution in [0, 0.1) is 0 Å². The van der Waals surface area contributed by atoms with Gasteiger partial charge in [0.25, 0.3) is 0 Å². The average molecular weight is 981 g/mol. The second-order valence-electron chi connectivity index (χ2n) is 19.0. The van der Waals surface area contributed by atoms with Gasteiger partial charge in [-0.3, -0.25) is 0 Å². The van der Waals surface area contributed by atoms with Crippen LogP contribution in [0.4, 0.5) is 0 Å². The Morgan fingerprint density at radius 2 is 0.554 bits per heavy atom. The monoisotopic (exact) mass is 980 g/mol. The molecule has 13 aromatic rings. The molecule has 4 heterocycles. The molecule has 3 aliphatic carbocycles. The molecule has 346 valence electrons. The lowest BCUT2D eigenvalue weighted by Gasteiger charge is -2.42. The minimum Gasteiger partial charge on any atom is -0.208 e. The van der Waals surface area contributed by atoms with Crippen LogP contribution < -0.4 is 0 Å². The molecule has 9 aromatic carbocycles. The Labute approximate surface area is 435 Å². The highest BCUT2D eigenvalue weighted by molar-refractivity contribution is 7.18. The molecular formula is C66H40N6S2. The number of nitrogens with zero attached hydrogens (tertiary/aromatic N) is 6. The van der Waals surface area contributed by atoms with Crippen molar-refractivity contribution >= 4 is 42.8 Å². The van der Waals surface area contributed by atoms with Gasteiger partial charge in [0.15, 0.2) is 34.9 Å². The fraction of sp³-hybridized carbons (Fsp3) is 0.0303. The maximum absolute atomic E-state index is 5.10. The van der Waals surface area contributed by atoms with E-state index in [4.69, 9.17) is 29.9 Å². The molecule has 0 aliphatic heterocycles. The molecule has 8 heteroatoms. The average Bonchev–Trinajstić information content (AvgIpc) is 4.17. The first-order valence-corrected chi connectivity index (χ1v) is 26.6. The Morgan fingerprint density at radius 1 is 0.243 bits per heavy atom. The van der Waals surface area contributed by atoms with E-state index in [9.17, 15) is 0 Å². The Bertz CT molecular complexity index is 4040. The highest BCUT2D eigenvalue weighted by atomic mass is 32.1. The molecular weight excluding hydrogens is 941 g/mol. The molecule has 0 fully saturated rings. The van der Waals surface area contributed by atoms with Crippen molar-refractivity contribution in [3.05, 3.63) is 263 Å². The van der Waals surface area contributed by atoms with Crippen LogP contribution in [0.5, 0.6) is 0 Å². The standard InChI is InChI=1S/C66H40N6S2/c1-3-13-41(14-4-1)61-67-63(71-65(69-61)55-37-73-57-21-11-9-17-47(55)57)43-27-23-39(24-28-43)45-31-33-51-53(35-45)59-49-19-7-8-20-50(49)60(51)54-36-46(32-34-52(54)59)40-25-29-44(30-26-40)64-68-62(42-15-5-2-6-16-42)70-66(72-64)56-38-74-58-22-12-10-18-48(56)58/h1-38,59-60H. The van der Waals surface area contributed by atoms with Crippen LogP contribution in [0.3, 0.4) is 0 Å². The van der Waals surface area contributed by atoms with Crippen molar-refractivity contribution in [2.75, 3.05) is 0 Å². The Balaban J connectivity index is 0.753. The van der Waals surface area contributed by atoms with Crippen molar-refractivity contribution in [3.8, 4) is 90.6 Å². The zero-order valence-electron chi connectivity index (χ0n) is 39.6. The number of thiophene rings is 2. The van der Waals surface area contributed by atoms with Crippen molar-refractivity contribution in [2.24, 2.45) is 0 Å². The van der Waals surface area contributed by atoms with E-state index in [1.807, 2.05) is 36.4 Å². The summed E-state index contributed by atoms with van der Waals surface area (Å²) in [5.41, 5.74) is 18.8. The summed E-state index contributed by atoms with van der Waals surface area (Å²) in [6.45, 7) is 0. The van der Waals surface area contributed by atoms with E-state index in [0.717, 1.165) is 55.3 Å². The highest BCUT2D eigenvalue weighted by Gasteiger charge is 2.41. The largest absolute Gasteiger partial charge is 0.208 e. The van der Waals surface area contributed by atoms with Crippen molar-refractivity contribution in [1.82, 2.24) is 29.9 Å². The Morgan fingerprint density at radius 3 is 0.973 bits per heavy atom. The van der Waals surface area contributed by atoms with Crippen LogP contribution in [-0.4, -0.2) is 29.9 Å². The first-order valence-electron chi connectivity index (χ1n) is 24.8. The molecule has 2 bridgehead atoms. The third-order valence-electron chi connectivity index (χ3n) is 14.8. The van der Waals surface area contributed by atoms with Gasteiger partial charge in [-0.15, -0.1) is 22.7 Å². The normalized spacial score (nSPS) is 14.2. The number of rotatable bonds is 8. The summed E-state index contributed by atoms with van der Waals surface area (Å²) >= 11 is 3.42. The number of aromatic nitrogens is 6. The van der Waals surface area contributed by atoms with Gasteiger partial charge in [0.2, 0.25) is 0 Å². The minimum atomic E-state index is 0.127. The van der Waals surface area contributed by atoms with Gasteiger partial charge in [-0.05, 0) is 79.9 Å². The van der Waals surface area contributed by atoms with Gasteiger partial charge < -0.3 is 0 Å². The molecule has 16 rings (SSSR count). The molecule has 74 heavy (non-hydrogen) atoms. The Kier molecular flexibility index (Phi) is 9.96. The highest BCUT2D eigenvalue weighted by Crippen LogP contribution is 2.57. The summed E-state index contributed by atoms with van der Waals surface area (Å²) in [5, 5.41) is 6.61. The van der Waals surface area contributed by atoms with Crippen LogP contribution in [0.2, 0.25) is 0 Å². The molecule has 0 radical (unpaired) electrons. The zero-order chi connectivity index (χ0) is 48.7. The number of hydrogen-bond acceptors (Lipinski definition) is 8. The van der Waals surface area contributed by atoms with E-state index >= 15 is 0 Å². The summed E-state index contributed by atoms with van der Waals surface area (Å²) < 4.78 is 2.42. The maximum atomic E-state index is 5.10. The van der Waals surface area contributed by atoms with E-state index in [0.29, 0.717) is 34.9 Å². The van der Waals surface area contributed by atoms with Gasteiger partial charge in [-0.25, -0.2) is 29.9 Å². The summed E-state index contributed by atoms with van der Waals surface area (Å²) in [5.74, 6) is 4.23. The topological polar surface area (TPSA) is 77.3 Å². The number of benzene rings is 9. The van der Waals surface area contributed by atoms with Gasteiger partial charge in [0, 0.05) is 76.1 Å². The second-order valence-corrected chi connectivity index (χ2v) is 20.8. The van der Waals surface area contributed by atoms with Crippen LogP contribution >= 0.6 is 22.7 Å². The van der Waals surface area contributed by atoms with Crippen molar-refractivity contribution in [3.63, 3.8) is 0 Å². The van der Waals surface area contributed by atoms with Crippen LogP contribution in [0.25, 0.3) is 111 Å². The van der Waals surface area contributed by atoms with E-state index in [1.54, 1.807) is 22.7 Å². The molecule has 2 atom stereocenters. The molecule has 0 saturated carbocycles. The van der Waals surface area contributed by atoms with Gasteiger partial charge in [0.1, 0.15) is 0 Å². The quantitative estimate of drug-likeness (QED) is 0.151. The summed E-state index contributed by atoms with van der Waals surface area (Å²) in [6, 6.07) is 77.9. The summed E-state index contributed by atoms with van der Waals surface area (Å²) in [6.07, 6.45) is 0. The molecule has 3 aliphatic rings. The lowest BCUT2D eigenvalue weighted by atomic mass is 9.60. The zero-order valence-corrected chi connectivity index (χ0v) is 41.2. The molecule has 4 aromatic heterocycles. The lowest BCUT2D eigenvalue weighted by molar-refractivity contribution is 0.755. The Hall–Kier alpha value is -9.08. The molecule has 2 unspecified atom stereocenters. The SMILES string of the molecule is c1ccc(-c2nc(-c3ccc(-c4ccc5c(c4)C4c6ccccc6C5c5cc(-c6ccc(-c7nc(-c8ccccc8)nc(-c8csc9ccccc89)n7)cc6)ccc54)cc3)nc(-c3csc4ccccc34)n2)cc1. The predicted octanol–water partition coefficient (Wildman–Crippen LogP) is 16.8. The van der Waals surface area contributed by atoms with Crippen molar-refractivity contribution in [1.29, 1.82) is 0 Å².